The van der Waals surface area contributed by atoms with Crippen LogP contribution >= 0.6 is 0 Å². The number of hydrogen-bond acceptors (Lipinski definition) is 2. The zero-order valence-corrected chi connectivity index (χ0v) is 10.6. The Kier molecular flexibility index (Phi) is 2.27. The van der Waals surface area contributed by atoms with Crippen LogP contribution in [-0.2, 0) is 6.42 Å². The zero-order chi connectivity index (χ0) is 12.7. The summed E-state index contributed by atoms with van der Waals surface area (Å²) >= 11 is 0. The van der Waals surface area contributed by atoms with E-state index in [0.29, 0.717) is 0 Å². The number of nitrogens with zero attached hydrogens (tertiary/aromatic N) is 1. The van der Waals surface area contributed by atoms with Gasteiger partial charge in [0.2, 0.25) is 0 Å². The maximum absolute atomic E-state index is 4.19. The fourth-order valence-corrected chi connectivity index (χ4v) is 2.83. The Morgan fingerprint density at radius 1 is 1.05 bits per heavy atom. The molecule has 2 nitrogen and oxygen atoms in total. The lowest BCUT2D eigenvalue weighted by Gasteiger charge is -2.08. The number of rotatable bonds is 1. The fraction of sp³-hybridized carbons (Fsp3) is 0.118. The van der Waals surface area contributed by atoms with Gasteiger partial charge in [0.15, 0.2) is 0 Å². The topological polar surface area (TPSA) is 24.9 Å². The van der Waals surface area contributed by atoms with Crippen molar-refractivity contribution in [2.75, 3.05) is 11.9 Å². The molecule has 0 bridgehead atoms. The summed E-state index contributed by atoms with van der Waals surface area (Å²) in [4.78, 5) is 4.19. The van der Waals surface area contributed by atoms with Crippen LogP contribution in [0.4, 0.5) is 5.69 Å². The summed E-state index contributed by atoms with van der Waals surface area (Å²) in [6, 6.07) is 15.2. The van der Waals surface area contributed by atoms with Crippen molar-refractivity contribution in [3.05, 3.63) is 60.4 Å². The Labute approximate surface area is 112 Å². The van der Waals surface area contributed by atoms with E-state index in [1.807, 2.05) is 12.4 Å². The van der Waals surface area contributed by atoms with Crippen LogP contribution in [0.25, 0.3) is 21.9 Å². The monoisotopic (exact) mass is 246 g/mol. The predicted molar refractivity (Wildman–Crippen MR) is 79.4 cm³/mol. The van der Waals surface area contributed by atoms with Gasteiger partial charge >= 0.3 is 0 Å². The quantitative estimate of drug-likeness (QED) is 0.705. The lowest BCUT2D eigenvalue weighted by Crippen LogP contribution is -1.91. The van der Waals surface area contributed by atoms with Crippen LogP contribution in [0, 0.1) is 0 Å². The van der Waals surface area contributed by atoms with Crippen molar-refractivity contribution in [3.8, 4) is 11.1 Å². The van der Waals surface area contributed by atoms with E-state index >= 15 is 0 Å². The third-order valence-corrected chi connectivity index (χ3v) is 3.81. The van der Waals surface area contributed by atoms with Gasteiger partial charge in [-0.3, -0.25) is 4.98 Å². The second kappa shape index (κ2) is 4.09. The van der Waals surface area contributed by atoms with E-state index in [0.717, 1.165) is 13.0 Å². The number of hydrogen-bond donors (Lipinski definition) is 1. The summed E-state index contributed by atoms with van der Waals surface area (Å²) < 4.78 is 0. The second-order valence-electron chi connectivity index (χ2n) is 4.95. The Bertz CT molecular complexity index is 757. The second-order valence-corrected chi connectivity index (χ2v) is 4.95. The van der Waals surface area contributed by atoms with Crippen molar-refractivity contribution in [2.45, 2.75) is 6.42 Å². The van der Waals surface area contributed by atoms with E-state index in [1.165, 1.54) is 33.2 Å². The molecule has 0 radical (unpaired) electrons. The number of nitrogens with one attached hydrogen (secondary N) is 1. The molecule has 0 amide bonds. The molecule has 0 aliphatic carbocycles. The van der Waals surface area contributed by atoms with Crippen molar-refractivity contribution in [1.82, 2.24) is 4.98 Å². The van der Waals surface area contributed by atoms with Gasteiger partial charge in [-0.05, 0) is 40.6 Å². The minimum absolute atomic E-state index is 1.05. The summed E-state index contributed by atoms with van der Waals surface area (Å²) in [6.45, 7) is 1.05. The van der Waals surface area contributed by atoms with Crippen molar-refractivity contribution >= 4 is 16.5 Å². The molecule has 19 heavy (non-hydrogen) atoms. The summed E-state index contributed by atoms with van der Waals surface area (Å²) in [5.74, 6) is 0. The van der Waals surface area contributed by atoms with Gasteiger partial charge in [0, 0.05) is 30.0 Å². The van der Waals surface area contributed by atoms with Crippen LogP contribution in [0.15, 0.2) is 54.9 Å². The van der Waals surface area contributed by atoms with Crippen LogP contribution in [0.2, 0.25) is 0 Å². The van der Waals surface area contributed by atoms with Gasteiger partial charge < -0.3 is 5.32 Å². The molecule has 0 fully saturated rings. The number of fused-ring (bicyclic) bond motifs is 2. The van der Waals surface area contributed by atoms with E-state index in [-0.39, 0.29) is 0 Å². The predicted octanol–water partition coefficient (Wildman–Crippen LogP) is 3.87. The molecule has 0 unspecified atom stereocenters. The molecule has 2 heteroatoms. The molecule has 0 spiro atoms. The van der Waals surface area contributed by atoms with E-state index in [4.69, 9.17) is 0 Å². The van der Waals surface area contributed by atoms with E-state index in [2.05, 4.69) is 52.8 Å². The molecule has 0 saturated carbocycles. The minimum atomic E-state index is 1.05. The number of anilines is 1. The number of benzene rings is 2. The third-order valence-electron chi connectivity index (χ3n) is 3.81. The molecule has 2 aromatic carbocycles. The van der Waals surface area contributed by atoms with Gasteiger partial charge in [0.25, 0.3) is 0 Å². The molecule has 2 heterocycles. The highest BCUT2D eigenvalue weighted by atomic mass is 14.9. The van der Waals surface area contributed by atoms with Crippen LogP contribution < -0.4 is 5.32 Å². The molecule has 3 aromatic rings. The molecule has 1 aromatic heterocycles. The van der Waals surface area contributed by atoms with Crippen molar-refractivity contribution in [1.29, 1.82) is 0 Å². The molecular formula is C17H14N2. The van der Waals surface area contributed by atoms with E-state index < -0.39 is 0 Å². The highest BCUT2D eigenvalue weighted by Gasteiger charge is 2.11. The first-order chi connectivity index (χ1) is 9.42. The maximum Gasteiger partial charge on any atom is 0.0379 e. The van der Waals surface area contributed by atoms with Gasteiger partial charge in [0.1, 0.15) is 0 Å². The van der Waals surface area contributed by atoms with Gasteiger partial charge in [-0.1, -0.05) is 30.3 Å². The SMILES string of the molecule is c1cc(-c2ccc3c(c2)NCC3)c2ccncc2c1. The summed E-state index contributed by atoms with van der Waals surface area (Å²) in [5.41, 5.74) is 5.25. The molecule has 0 atom stereocenters. The van der Waals surface area contributed by atoms with Crippen LogP contribution in [-0.4, -0.2) is 11.5 Å². The van der Waals surface area contributed by atoms with Gasteiger partial charge in [0.05, 0.1) is 0 Å². The van der Waals surface area contributed by atoms with Crippen molar-refractivity contribution in [3.63, 3.8) is 0 Å². The molecule has 0 saturated heterocycles. The first-order valence-corrected chi connectivity index (χ1v) is 6.62. The fourth-order valence-electron chi connectivity index (χ4n) is 2.83. The highest BCUT2D eigenvalue weighted by molar-refractivity contribution is 5.96. The lowest BCUT2D eigenvalue weighted by molar-refractivity contribution is 1.11. The number of pyridine rings is 1. The smallest absolute Gasteiger partial charge is 0.0379 e. The normalized spacial score (nSPS) is 13.3. The zero-order valence-electron chi connectivity index (χ0n) is 10.6. The molecule has 1 aliphatic heterocycles. The van der Waals surface area contributed by atoms with Gasteiger partial charge in [-0.2, -0.15) is 0 Å². The standard InChI is InChI=1S/C17H14N2/c1-2-14-11-18-8-7-16(14)15(3-1)13-5-4-12-6-9-19-17(12)10-13/h1-5,7-8,10-11,19H,6,9H2. The summed E-state index contributed by atoms with van der Waals surface area (Å²) in [5, 5.41) is 5.89. The Balaban J connectivity index is 1.95. The Hall–Kier alpha value is -2.35. The van der Waals surface area contributed by atoms with Gasteiger partial charge in [-0.15, -0.1) is 0 Å². The summed E-state index contributed by atoms with van der Waals surface area (Å²) in [7, 11) is 0. The first-order valence-electron chi connectivity index (χ1n) is 6.62. The highest BCUT2D eigenvalue weighted by Crippen LogP contribution is 2.32. The average molecular weight is 246 g/mol. The Morgan fingerprint density at radius 2 is 2.05 bits per heavy atom. The van der Waals surface area contributed by atoms with Crippen LogP contribution in [0.3, 0.4) is 0 Å². The maximum atomic E-state index is 4.19. The average Bonchev–Trinajstić information content (AvgIpc) is 2.94. The van der Waals surface area contributed by atoms with Crippen LogP contribution in [0.1, 0.15) is 5.56 Å². The molecule has 92 valence electrons. The molecule has 1 aliphatic rings. The molecule has 4 rings (SSSR count). The van der Waals surface area contributed by atoms with E-state index in [9.17, 15) is 0 Å². The van der Waals surface area contributed by atoms with Crippen LogP contribution in [0.5, 0.6) is 0 Å². The first kappa shape index (κ1) is 10.6. The molecular weight excluding hydrogens is 232 g/mol. The minimum Gasteiger partial charge on any atom is -0.384 e. The number of aromatic nitrogens is 1. The van der Waals surface area contributed by atoms with Crippen molar-refractivity contribution in [2.24, 2.45) is 0 Å². The Morgan fingerprint density at radius 3 is 3.05 bits per heavy atom. The van der Waals surface area contributed by atoms with Crippen molar-refractivity contribution < 1.29 is 0 Å². The van der Waals surface area contributed by atoms with E-state index in [1.54, 1.807) is 0 Å². The lowest BCUT2D eigenvalue weighted by atomic mass is 9.98. The molecule has 1 N–H and O–H groups in total. The third kappa shape index (κ3) is 1.68. The van der Waals surface area contributed by atoms with Gasteiger partial charge in [-0.25, -0.2) is 0 Å². The largest absolute Gasteiger partial charge is 0.384 e. The summed E-state index contributed by atoms with van der Waals surface area (Å²) in [6.07, 6.45) is 4.91.